The molecule has 124 valence electrons. The summed E-state index contributed by atoms with van der Waals surface area (Å²) >= 11 is 3.43. The van der Waals surface area contributed by atoms with Crippen LogP contribution in [0.3, 0.4) is 0 Å². The van der Waals surface area contributed by atoms with Gasteiger partial charge in [0.15, 0.2) is 6.20 Å². The number of rotatable bonds is 2. The lowest BCUT2D eigenvalue weighted by Crippen LogP contribution is -2.31. The summed E-state index contributed by atoms with van der Waals surface area (Å²) in [5.41, 5.74) is 1.54. The van der Waals surface area contributed by atoms with E-state index in [1.165, 1.54) is 11.1 Å². The number of pyridine rings is 1. The summed E-state index contributed by atoms with van der Waals surface area (Å²) in [5, 5.41) is 13.1. The molecule has 1 atom stereocenters. The number of anilines is 1. The van der Waals surface area contributed by atoms with Crippen LogP contribution in [0.1, 0.15) is 17.9 Å². The lowest BCUT2D eigenvalue weighted by Gasteiger charge is -2.15. The molecule has 1 saturated heterocycles. The van der Waals surface area contributed by atoms with E-state index < -0.39 is 5.92 Å². The molecule has 2 heterocycles. The van der Waals surface area contributed by atoms with Crippen molar-refractivity contribution in [2.24, 2.45) is 0 Å². The fourth-order valence-electron chi connectivity index (χ4n) is 3.30. The Morgan fingerprint density at radius 1 is 1.04 bits per heavy atom. The van der Waals surface area contributed by atoms with E-state index in [2.05, 4.69) is 15.9 Å². The number of halogens is 1. The summed E-state index contributed by atoms with van der Waals surface area (Å²) in [6.45, 7) is 0. The molecular weight excluding hydrogens is 384 g/mol. The minimum atomic E-state index is -0.661. The van der Waals surface area contributed by atoms with Crippen molar-refractivity contribution in [1.82, 2.24) is 0 Å². The van der Waals surface area contributed by atoms with Gasteiger partial charge in [-0.25, -0.2) is 0 Å². The second-order valence-electron chi connectivity index (χ2n) is 5.89. The molecule has 1 aliphatic heterocycles. The van der Waals surface area contributed by atoms with E-state index in [0.717, 1.165) is 9.20 Å². The zero-order valence-corrected chi connectivity index (χ0v) is 14.6. The number of aromatic nitrogens is 1. The van der Waals surface area contributed by atoms with E-state index in [1.54, 1.807) is 42.5 Å². The molecule has 1 aliphatic rings. The second kappa shape index (κ2) is 5.97. The monoisotopic (exact) mass is 396 g/mol. The van der Waals surface area contributed by atoms with Gasteiger partial charge >= 0.3 is 0 Å². The smallest absolute Gasteiger partial charge is 0.242 e. The van der Waals surface area contributed by atoms with Crippen LogP contribution in [0.15, 0.2) is 65.3 Å². The Kier molecular flexibility index (Phi) is 3.77. The zero-order valence-electron chi connectivity index (χ0n) is 13.1. The van der Waals surface area contributed by atoms with Gasteiger partial charge < -0.3 is 5.21 Å². The first-order valence-corrected chi connectivity index (χ1v) is 8.59. The van der Waals surface area contributed by atoms with Gasteiger partial charge in [0.2, 0.25) is 17.3 Å². The first kappa shape index (κ1) is 15.8. The molecule has 0 radical (unpaired) electrons. The van der Waals surface area contributed by atoms with Gasteiger partial charge in [-0.1, -0.05) is 24.3 Å². The summed E-state index contributed by atoms with van der Waals surface area (Å²) in [6.07, 6.45) is 1.45. The van der Waals surface area contributed by atoms with Crippen molar-refractivity contribution in [2.45, 2.75) is 12.3 Å². The first-order valence-electron chi connectivity index (χ1n) is 7.80. The van der Waals surface area contributed by atoms with Crippen LogP contribution in [0.4, 0.5) is 5.69 Å². The molecule has 5 nitrogen and oxygen atoms in total. The van der Waals surface area contributed by atoms with Crippen molar-refractivity contribution >= 4 is 44.3 Å². The number of nitrogens with zero attached hydrogens (tertiary/aromatic N) is 2. The molecular formula is C19H13BrN2O3. The van der Waals surface area contributed by atoms with Crippen LogP contribution >= 0.6 is 15.9 Å². The topological polar surface area (TPSA) is 64.3 Å². The van der Waals surface area contributed by atoms with Crippen molar-refractivity contribution in [3.63, 3.8) is 0 Å². The summed E-state index contributed by atoms with van der Waals surface area (Å²) in [6, 6.07) is 15.9. The van der Waals surface area contributed by atoms with Crippen molar-refractivity contribution < 1.29 is 14.3 Å². The van der Waals surface area contributed by atoms with Crippen molar-refractivity contribution in [3.05, 3.63) is 76.0 Å². The molecule has 4 rings (SSSR count). The Morgan fingerprint density at radius 2 is 1.80 bits per heavy atom. The summed E-state index contributed by atoms with van der Waals surface area (Å²) in [7, 11) is 0. The van der Waals surface area contributed by atoms with E-state index >= 15 is 0 Å². The van der Waals surface area contributed by atoms with Crippen LogP contribution < -0.4 is 9.63 Å². The van der Waals surface area contributed by atoms with Gasteiger partial charge in [0.25, 0.3) is 0 Å². The van der Waals surface area contributed by atoms with Gasteiger partial charge in [-0.05, 0) is 40.2 Å². The van der Waals surface area contributed by atoms with Crippen LogP contribution in [-0.4, -0.2) is 11.8 Å². The SMILES string of the molecule is O=C1CC(c2ccc(Br)c3ccc[n+]([O-])c23)C(=O)N1c1ccccc1. The molecule has 2 aromatic carbocycles. The molecule has 0 N–H and O–H groups in total. The summed E-state index contributed by atoms with van der Waals surface area (Å²) in [5.74, 6) is -1.22. The lowest BCUT2D eigenvalue weighted by atomic mass is 9.95. The Morgan fingerprint density at radius 3 is 2.56 bits per heavy atom. The van der Waals surface area contributed by atoms with Crippen LogP contribution in [-0.2, 0) is 9.59 Å². The Hall–Kier alpha value is -2.73. The zero-order chi connectivity index (χ0) is 17.6. The highest BCUT2D eigenvalue weighted by Crippen LogP contribution is 2.37. The average molecular weight is 397 g/mol. The number of hydrogen-bond donors (Lipinski definition) is 0. The van der Waals surface area contributed by atoms with Gasteiger partial charge in [0.1, 0.15) is 0 Å². The Bertz CT molecular complexity index is 1000. The maximum atomic E-state index is 12.9. The molecule has 0 saturated carbocycles. The summed E-state index contributed by atoms with van der Waals surface area (Å²) < 4.78 is 1.52. The van der Waals surface area contributed by atoms with Crippen LogP contribution in [0.25, 0.3) is 10.9 Å². The second-order valence-corrected chi connectivity index (χ2v) is 6.75. The molecule has 25 heavy (non-hydrogen) atoms. The summed E-state index contributed by atoms with van der Waals surface area (Å²) in [4.78, 5) is 26.6. The number of hydrogen-bond acceptors (Lipinski definition) is 3. The molecule has 6 heteroatoms. The highest BCUT2D eigenvalue weighted by atomic mass is 79.9. The van der Waals surface area contributed by atoms with Crippen molar-refractivity contribution in [3.8, 4) is 0 Å². The predicted molar refractivity (Wildman–Crippen MR) is 96.9 cm³/mol. The Labute approximate surface area is 152 Å². The van der Waals surface area contributed by atoms with E-state index in [9.17, 15) is 14.8 Å². The van der Waals surface area contributed by atoms with E-state index in [4.69, 9.17) is 0 Å². The largest absolute Gasteiger partial charge is 0.618 e. The van der Waals surface area contributed by atoms with Crippen molar-refractivity contribution in [1.29, 1.82) is 0 Å². The van der Waals surface area contributed by atoms with Crippen LogP contribution in [0.2, 0.25) is 0 Å². The number of imide groups is 1. The van der Waals surface area contributed by atoms with Gasteiger partial charge in [-0.2, -0.15) is 4.73 Å². The molecule has 3 aromatic rings. The quantitative estimate of drug-likeness (QED) is 0.379. The number of carbonyl (C=O) groups excluding carboxylic acids is 2. The minimum Gasteiger partial charge on any atom is -0.618 e. The molecule has 1 unspecified atom stereocenters. The van der Waals surface area contributed by atoms with Gasteiger partial charge in [0.05, 0.1) is 17.0 Å². The third kappa shape index (κ3) is 2.49. The number of benzene rings is 2. The number of para-hydroxylation sites is 1. The standard InChI is InChI=1S/C19H13BrN2O3/c20-16-9-8-13(18-14(16)7-4-10-21(18)25)15-11-17(23)22(19(15)24)12-5-2-1-3-6-12/h1-10,15H,11H2. The maximum Gasteiger partial charge on any atom is 0.242 e. The number of carbonyl (C=O) groups is 2. The molecule has 1 fully saturated rings. The lowest BCUT2D eigenvalue weighted by molar-refractivity contribution is -0.577. The van der Waals surface area contributed by atoms with Crippen LogP contribution in [0.5, 0.6) is 0 Å². The van der Waals surface area contributed by atoms with Gasteiger partial charge in [-0.15, -0.1) is 0 Å². The van der Waals surface area contributed by atoms with Gasteiger partial charge in [-0.3, -0.25) is 14.5 Å². The van der Waals surface area contributed by atoms with Crippen molar-refractivity contribution in [2.75, 3.05) is 4.90 Å². The van der Waals surface area contributed by atoms with Gasteiger partial charge in [0, 0.05) is 22.5 Å². The molecule has 0 aliphatic carbocycles. The third-order valence-electron chi connectivity index (χ3n) is 4.44. The molecule has 1 aromatic heterocycles. The fourth-order valence-corrected chi connectivity index (χ4v) is 3.75. The van der Waals surface area contributed by atoms with Crippen LogP contribution in [0, 0.1) is 5.21 Å². The van der Waals surface area contributed by atoms with E-state index in [1.807, 2.05) is 12.1 Å². The Balaban J connectivity index is 1.84. The molecule has 0 bridgehead atoms. The molecule has 2 amide bonds. The van der Waals surface area contributed by atoms with E-state index in [0.29, 0.717) is 22.2 Å². The van der Waals surface area contributed by atoms with E-state index in [-0.39, 0.29) is 18.2 Å². The highest BCUT2D eigenvalue weighted by molar-refractivity contribution is 9.10. The maximum absolute atomic E-state index is 12.9. The average Bonchev–Trinajstić information content (AvgIpc) is 2.91. The third-order valence-corrected chi connectivity index (χ3v) is 5.13. The minimum absolute atomic E-state index is 0.0549. The first-order chi connectivity index (χ1) is 12.1. The normalized spacial score (nSPS) is 17.5. The highest BCUT2D eigenvalue weighted by Gasteiger charge is 2.42. The molecule has 0 spiro atoms. The number of amides is 2. The predicted octanol–water partition coefficient (Wildman–Crippen LogP) is 3.28. The fraction of sp³-hybridized carbons (Fsp3) is 0.105. The number of fused-ring (bicyclic) bond motifs is 1.